The van der Waals surface area contributed by atoms with E-state index in [1.807, 2.05) is 6.92 Å². The molecule has 1 aliphatic heterocycles. The number of likely N-dealkylation sites (tertiary alicyclic amines) is 1. The molecule has 1 saturated heterocycles. The van der Waals surface area contributed by atoms with Gasteiger partial charge in [-0.3, -0.25) is 4.79 Å². The van der Waals surface area contributed by atoms with Crippen LogP contribution in [0.5, 0.6) is 0 Å². The van der Waals surface area contributed by atoms with Crippen LogP contribution in [0.25, 0.3) is 0 Å². The van der Waals surface area contributed by atoms with E-state index in [0.29, 0.717) is 18.9 Å². The number of carbonyl (C=O) groups excluding carboxylic acids is 1. The first-order valence-corrected chi connectivity index (χ1v) is 6.85. The minimum Gasteiger partial charge on any atom is -0.480 e. The van der Waals surface area contributed by atoms with Crippen LogP contribution in [0.2, 0.25) is 0 Å². The second-order valence-electron chi connectivity index (χ2n) is 5.52. The summed E-state index contributed by atoms with van der Waals surface area (Å²) in [4.78, 5) is 25.1. The first kappa shape index (κ1) is 13.3. The van der Waals surface area contributed by atoms with Crippen molar-refractivity contribution in [1.82, 2.24) is 4.90 Å². The van der Waals surface area contributed by atoms with Gasteiger partial charge in [-0.1, -0.05) is 19.8 Å². The summed E-state index contributed by atoms with van der Waals surface area (Å²) < 4.78 is 0. The van der Waals surface area contributed by atoms with Crippen LogP contribution < -0.4 is 5.73 Å². The van der Waals surface area contributed by atoms with Crippen molar-refractivity contribution in [2.24, 2.45) is 17.6 Å². The second kappa shape index (κ2) is 5.26. The summed E-state index contributed by atoms with van der Waals surface area (Å²) in [5.41, 5.74) is 5.84. The summed E-state index contributed by atoms with van der Waals surface area (Å²) >= 11 is 0. The average molecular weight is 254 g/mol. The number of nitrogens with zero attached hydrogens (tertiary/aromatic N) is 1. The maximum absolute atomic E-state index is 12.2. The minimum absolute atomic E-state index is 0.139. The summed E-state index contributed by atoms with van der Waals surface area (Å²) in [5, 5.41) is 9.36. The van der Waals surface area contributed by atoms with E-state index < -0.39 is 18.1 Å². The largest absolute Gasteiger partial charge is 0.480 e. The lowest BCUT2D eigenvalue weighted by Gasteiger charge is -2.26. The van der Waals surface area contributed by atoms with E-state index >= 15 is 0 Å². The predicted molar refractivity (Wildman–Crippen MR) is 66.9 cm³/mol. The molecule has 0 spiro atoms. The predicted octanol–water partition coefficient (Wildman–Crippen LogP) is 0.825. The Morgan fingerprint density at radius 1 is 1.44 bits per heavy atom. The number of carboxylic acid groups (broad SMARTS) is 1. The van der Waals surface area contributed by atoms with Crippen LogP contribution in [-0.4, -0.2) is 40.5 Å². The molecule has 1 aliphatic carbocycles. The molecule has 1 amide bonds. The highest BCUT2D eigenvalue weighted by Crippen LogP contribution is 2.42. The van der Waals surface area contributed by atoms with Crippen molar-refractivity contribution >= 4 is 11.9 Å². The van der Waals surface area contributed by atoms with Crippen molar-refractivity contribution in [2.45, 2.75) is 51.1 Å². The fourth-order valence-electron chi connectivity index (χ4n) is 3.50. The zero-order valence-electron chi connectivity index (χ0n) is 10.8. The van der Waals surface area contributed by atoms with Crippen LogP contribution in [-0.2, 0) is 9.59 Å². The molecule has 0 bridgehead atoms. The van der Waals surface area contributed by atoms with Crippen molar-refractivity contribution < 1.29 is 14.7 Å². The van der Waals surface area contributed by atoms with E-state index in [1.54, 1.807) is 0 Å². The van der Waals surface area contributed by atoms with Crippen LogP contribution in [0.3, 0.4) is 0 Å². The zero-order valence-corrected chi connectivity index (χ0v) is 10.8. The van der Waals surface area contributed by atoms with Crippen molar-refractivity contribution in [3.8, 4) is 0 Å². The van der Waals surface area contributed by atoms with Gasteiger partial charge < -0.3 is 15.7 Å². The number of nitrogens with two attached hydrogens (primary N) is 1. The van der Waals surface area contributed by atoms with Crippen molar-refractivity contribution in [2.75, 3.05) is 6.54 Å². The monoisotopic (exact) mass is 254 g/mol. The number of hydrogen-bond acceptors (Lipinski definition) is 3. The van der Waals surface area contributed by atoms with Gasteiger partial charge in [-0.05, 0) is 31.1 Å². The highest BCUT2D eigenvalue weighted by molar-refractivity contribution is 5.87. The molecule has 3 N–H and O–H groups in total. The van der Waals surface area contributed by atoms with Gasteiger partial charge in [-0.15, -0.1) is 0 Å². The Morgan fingerprint density at radius 3 is 2.78 bits per heavy atom. The molecule has 2 rings (SSSR count). The maximum atomic E-state index is 12.2. The van der Waals surface area contributed by atoms with Crippen molar-refractivity contribution in [3.05, 3.63) is 0 Å². The van der Waals surface area contributed by atoms with Crippen molar-refractivity contribution in [1.29, 1.82) is 0 Å². The molecule has 2 fully saturated rings. The van der Waals surface area contributed by atoms with Gasteiger partial charge in [0.15, 0.2) is 0 Å². The number of amides is 1. The zero-order chi connectivity index (χ0) is 13.3. The van der Waals surface area contributed by atoms with E-state index in [-0.39, 0.29) is 11.8 Å². The molecule has 1 saturated carbocycles. The second-order valence-corrected chi connectivity index (χ2v) is 5.52. The highest BCUT2D eigenvalue weighted by Gasteiger charge is 2.49. The molecule has 18 heavy (non-hydrogen) atoms. The van der Waals surface area contributed by atoms with Crippen LogP contribution >= 0.6 is 0 Å². The molecule has 0 radical (unpaired) electrons. The Kier molecular flexibility index (Phi) is 3.90. The van der Waals surface area contributed by atoms with E-state index in [1.165, 1.54) is 4.90 Å². The summed E-state index contributed by atoms with van der Waals surface area (Å²) in [6.07, 6.45) is 4.51. The average Bonchev–Trinajstić information content (AvgIpc) is 2.86. The van der Waals surface area contributed by atoms with Gasteiger partial charge in [-0.25, -0.2) is 4.79 Å². The molecule has 0 aromatic rings. The Labute approximate surface area is 107 Å². The van der Waals surface area contributed by atoms with Crippen molar-refractivity contribution in [3.63, 3.8) is 0 Å². The molecule has 5 nitrogen and oxygen atoms in total. The maximum Gasteiger partial charge on any atom is 0.326 e. The summed E-state index contributed by atoms with van der Waals surface area (Å²) in [6.45, 7) is 2.55. The molecule has 4 atom stereocenters. The van der Waals surface area contributed by atoms with Crippen LogP contribution in [0.15, 0.2) is 0 Å². The minimum atomic E-state index is -0.874. The number of carbonyl (C=O) groups is 2. The van der Waals surface area contributed by atoms with E-state index in [4.69, 9.17) is 5.73 Å². The van der Waals surface area contributed by atoms with Crippen LogP contribution in [0.4, 0.5) is 0 Å². The SMILES string of the molecule is CCC[C@@H](N)C(=O)N1CC2CCCC2C1C(=O)O. The quantitative estimate of drug-likeness (QED) is 0.778. The molecule has 3 unspecified atom stereocenters. The normalized spacial score (nSPS) is 32.3. The third-order valence-corrected chi connectivity index (χ3v) is 4.34. The van der Waals surface area contributed by atoms with Gasteiger partial charge >= 0.3 is 5.97 Å². The number of hydrogen-bond donors (Lipinski definition) is 2. The standard InChI is InChI=1S/C13H22N2O3/c1-2-4-10(14)12(16)15-7-8-5-3-6-9(8)11(15)13(17)18/h8-11H,2-7,14H2,1H3,(H,17,18)/t8?,9?,10-,11?/m1/s1. The van der Waals surface area contributed by atoms with Crippen LogP contribution in [0, 0.1) is 11.8 Å². The van der Waals surface area contributed by atoms with Gasteiger partial charge in [-0.2, -0.15) is 0 Å². The third kappa shape index (κ3) is 2.23. The number of carboxylic acids is 1. The summed E-state index contributed by atoms with van der Waals surface area (Å²) in [6, 6.07) is -1.19. The lowest BCUT2D eigenvalue weighted by Crippen LogP contribution is -2.50. The lowest BCUT2D eigenvalue weighted by atomic mass is 9.94. The van der Waals surface area contributed by atoms with Gasteiger partial charge in [0, 0.05) is 6.54 Å². The van der Waals surface area contributed by atoms with Gasteiger partial charge in [0.1, 0.15) is 6.04 Å². The molecular formula is C13H22N2O3. The molecule has 0 aromatic heterocycles. The molecule has 1 heterocycles. The molecule has 2 aliphatic rings. The Bertz CT molecular complexity index is 345. The van der Waals surface area contributed by atoms with E-state index in [9.17, 15) is 14.7 Å². The Balaban J connectivity index is 2.12. The first-order valence-electron chi connectivity index (χ1n) is 6.85. The molecule has 102 valence electrons. The Hall–Kier alpha value is -1.10. The topological polar surface area (TPSA) is 83.6 Å². The summed E-state index contributed by atoms with van der Waals surface area (Å²) in [5.74, 6) is -0.552. The fourth-order valence-corrected chi connectivity index (χ4v) is 3.50. The smallest absolute Gasteiger partial charge is 0.326 e. The highest BCUT2D eigenvalue weighted by atomic mass is 16.4. The third-order valence-electron chi connectivity index (χ3n) is 4.34. The number of aliphatic carboxylic acids is 1. The molecule has 5 heteroatoms. The molecular weight excluding hydrogens is 232 g/mol. The summed E-state index contributed by atoms with van der Waals surface area (Å²) in [7, 11) is 0. The van der Waals surface area contributed by atoms with Gasteiger partial charge in [0.2, 0.25) is 5.91 Å². The van der Waals surface area contributed by atoms with Crippen LogP contribution in [0.1, 0.15) is 39.0 Å². The van der Waals surface area contributed by atoms with E-state index in [0.717, 1.165) is 25.7 Å². The lowest BCUT2D eigenvalue weighted by molar-refractivity contribution is -0.150. The fraction of sp³-hybridized carbons (Fsp3) is 0.846. The molecule has 0 aromatic carbocycles. The number of rotatable bonds is 4. The number of fused-ring (bicyclic) bond motifs is 1. The first-order chi connectivity index (χ1) is 8.56. The van der Waals surface area contributed by atoms with Gasteiger partial charge in [0.25, 0.3) is 0 Å². The van der Waals surface area contributed by atoms with E-state index in [2.05, 4.69) is 0 Å². The Morgan fingerprint density at radius 2 is 2.17 bits per heavy atom. The van der Waals surface area contributed by atoms with Gasteiger partial charge in [0.05, 0.1) is 6.04 Å².